The smallest absolute Gasteiger partial charge is 0.202 e. The van der Waals surface area contributed by atoms with Gasteiger partial charge in [-0.25, -0.2) is 0 Å². The Kier molecular flexibility index (Phi) is 5.23. The highest BCUT2D eigenvalue weighted by atomic mass is 35.5. The molecule has 0 aromatic heterocycles. The van der Waals surface area contributed by atoms with Gasteiger partial charge in [0.25, 0.3) is 0 Å². The molecule has 0 atom stereocenters. The zero-order valence-electron chi connectivity index (χ0n) is 10.00. The summed E-state index contributed by atoms with van der Waals surface area (Å²) >= 11 is 9.38. The van der Waals surface area contributed by atoms with Crippen molar-refractivity contribution in [1.29, 1.82) is 5.26 Å². The molecule has 0 N–H and O–H groups in total. The number of carbonyl (C=O) groups is 1. The minimum Gasteiger partial charge on any atom is -0.288 e. The zero-order valence-corrected chi connectivity index (χ0v) is 12.4. The Balaban J connectivity index is 2.28. The first kappa shape index (κ1) is 14.0. The van der Waals surface area contributed by atoms with Crippen molar-refractivity contribution in [1.82, 2.24) is 0 Å². The van der Waals surface area contributed by atoms with Crippen LogP contribution in [0.25, 0.3) is 0 Å². The molecule has 1 fully saturated rings. The second-order valence-electron chi connectivity index (χ2n) is 4.24. The number of hydrogen-bond acceptors (Lipinski definition) is 4. The lowest BCUT2D eigenvalue weighted by Crippen LogP contribution is -2.12. The van der Waals surface area contributed by atoms with Crippen LogP contribution in [0.4, 0.5) is 0 Å². The van der Waals surface area contributed by atoms with Crippen LogP contribution in [0.15, 0.2) is 20.4 Å². The molecule has 0 aromatic carbocycles. The maximum Gasteiger partial charge on any atom is 0.202 e. The minimum atomic E-state index is -0.140. The number of allylic oxidation sites excluding steroid dienone is 3. The molecule has 0 unspecified atom stereocenters. The first-order valence-electron chi connectivity index (χ1n) is 6.06. The first-order valence-corrected chi connectivity index (χ1v) is 8.41. The number of thioether (sulfide) groups is 2. The molecule has 0 spiro atoms. The average molecular weight is 300 g/mol. The standard InChI is InChI=1S/C13H14ClNOS2/c14-11-5-2-1-4-9(11)12(16)10(8-15)13-17-6-3-7-18-13/h1-7H2. The molecular weight excluding hydrogens is 286 g/mol. The van der Waals surface area contributed by atoms with Crippen molar-refractivity contribution in [2.45, 2.75) is 32.1 Å². The third-order valence-corrected chi connectivity index (χ3v) is 6.01. The van der Waals surface area contributed by atoms with Crippen molar-refractivity contribution < 1.29 is 4.79 Å². The summed E-state index contributed by atoms with van der Waals surface area (Å²) < 4.78 is 0.885. The van der Waals surface area contributed by atoms with E-state index in [-0.39, 0.29) is 5.78 Å². The predicted octanol–water partition coefficient (Wildman–Crippen LogP) is 4.23. The van der Waals surface area contributed by atoms with Gasteiger partial charge in [0.05, 0.1) is 4.24 Å². The van der Waals surface area contributed by atoms with Crippen LogP contribution < -0.4 is 0 Å². The van der Waals surface area contributed by atoms with Gasteiger partial charge in [-0.15, -0.1) is 23.5 Å². The summed E-state index contributed by atoms with van der Waals surface area (Å²) in [4.78, 5) is 12.4. The number of carbonyl (C=O) groups excluding carboxylic acids is 1. The zero-order chi connectivity index (χ0) is 13.0. The second-order valence-corrected chi connectivity index (χ2v) is 7.17. The van der Waals surface area contributed by atoms with Gasteiger partial charge in [0, 0.05) is 10.6 Å². The van der Waals surface area contributed by atoms with Crippen molar-refractivity contribution in [3.63, 3.8) is 0 Å². The van der Waals surface area contributed by atoms with E-state index in [4.69, 9.17) is 11.6 Å². The third-order valence-electron chi connectivity index (χ3n) is 2.97. The highest BCUT2D eigenvalue weighted by Crippen LogP contribution is 2.39. The van der Waals surface area contributed by atoms with E-state index in [0.29, 0.717) is 22.6 Å². The van der Waals surface area contributed by atoms with Crippen LogP contribution in [0, 0.1) is 11.3 Å². The predicted molar refractivity (Wildman–Crippen MR) is 78.5 cm³/mol. The molecule has 1 heterocycles. The molecule has 2 rings (SSSR count). The van der Waals surface area contributed by atoms with Gasteiger partial charge in [0.15, 0.2) is 0 Å². The van der Waals surface area contributed by atoms with Crippen molar-refractivity contribution in [3.05, 3.63) is 20.4 Å². The summed E-state index contributed by atoms with van der Waals surface area (Å²) in [5.41, 5.74) is 0.971. The van der Waals surface area contributed by atoms with Gasteiger partial charge >= 0.3 is 0 Å². The Labute approximate surface area is 121 Å². The lowest BCUT2D eigenvalue weighted by atomic mass is 9.93. The Hall–Kier alpha value is -0.370. The minimum absolute atomic E-state index is 0.140. The molecule has 18 heavy (non-hydrogen) atoms. The Morgan fingerprint density at radius 3 is 2.44 bits per heavy atom. The fourth-order valence-corrected chi connectivity index (χ4v) is 4.86. The molecule has 1 aliphatic heterocycles. The average Bonchev–Trinajstić information content (AvgIpc) is 2.41. The molecule has 1 aliphatic carbocycles. The van der Waals surface area contributed by atoms with E-state index in [9.17, 15) is 10.1 Å². The van der Waals surface area contributed by atoms with Crippen LogP contribution in [-0.4, -0.2) is 17.3 Å². The molecule has 2 nitrogen and oxygen atoms in total. The van der Waals surface area contributed by atoms with E-state index >= 15 is 0 Å². The number of ketones is 1. The summed E-state index contributed by atoms with van der Waals surface area (Å²) in [5.74, 6) is 1.85. The third kappa shape index (κ3) is 3.14. The van der Waals surface area contributed by atoms with E-state index in [1.165, 1.54) is 0 Å². The molecule has 5 heteroatoms. The van der Waals surface area contributed by atoms with Crippen molar-refractivity contribution >= 4 is 40.9 Å². The van der Waals surface area contributed by atoms with Gasteiger partial charge in [0.1, 0.15) is 11.6 Å². The van der Waals surface area contributed by atoms with E-state index in [1.807, 2.05) is 0 Å². The fourth-order valence-electron chi connectivity index (χ4n) is 2.02. The van der Waals surface area contributed by atoms with Crippen molar-refractivity contribution in [2.75, 3.05) is 11.5 Å². The van der Waals surface area contributed by atoms with Crippen LogP contribution in [-0.2, 0) is 4.79 Å². The van der Waals surface area contributed by atoms with Gasteiger partial charge in [-0.1, -0.05) is 11.6 Å². The van der Waals surface area contributed by atoms with E-state index in [1.54, 1.807) is 23.5 Å². The molecule has 1 saturated heterocycles. The lowest BCUT2D eigenvalue weighted by Gasteiger charge is -2.17. The Bertz CT molecular complexity index is 454. The van der Waals surface area contributed by atoms with Crippen molar-refractivity contribution in [2.24, 2.45) is 0 Å². The molecule has 96 valence electrons. The van der Waals surface area contributed by atoms with Crippen molar-refractivity contribution in [3.8, 4) is 6.07 Å². The number of hydrogen-bond donors (Lipinski definition) is 0. The maximum absolute atomic E-state index is 12.4. The quantitative estimate of drug-likeness (QED) is 0.565. The summed E-state index contributed by atoms with van der Waals surface area (Å²) in [7, 11) is 0. The number of rotatable bonds is 2. The Morgan fingerprint density at radius 2 is 1.83 bits per heavy atom. The molecule has 0 amide bonds. The highest BCUT2D eigenvalue weighted by Gasteiger charge is 2.25. The molecule has 0 radical (unpaired) electrons. The number of nitriles is 1. The molecule has 0 aromatic rings. The second kappa shape index (κ2) is 6.70. The van der Waals surface area contributed by atoms with Crippen LogP contribution in [0.5, 0.6) is 0 Å². The van der Waals surface area contributed by atoms with Crippen LogP contribution in [0.2, 0.25) is 0 Å². The van der Waals surface area contributed by atoms with E-state index in [2.05, 4.69) is 6.07 Å². The van der Waals surface area contributed by atoms with Gasteiger partial charge in [0.2, 0.25) is 5.78 Å². The molecule has 2 aliphatic rings. The lowest BCUT2D eigenvalue weighted by molar-refractivity contribution is -0.112. The largest absolute Gasteiger partial charge is 0.288 e. The molecule has 0 saturated carbocycles. The SMILES string of the molecule is N#CC(C(=O)C1=C(Cl)CCCC1)=C1SCCCS1. The summed E-state index contributed by atoms with van der Waals surface area (Å²) in [6, 6.07) is 2.09. The number of Topliss-reactive ketones (excluding diaryl/α,β-unsaturated/α-hetero) is 1. The Morgan fingerprint density at radius 1 is 1.17 bits per heavy atom. The van der Waals surface area contributed by atoms with Crippen LogP contribution in [0.3, 0.4) is 0 Å². The van der Waals surface area contributed by atoms with Gasteiger partial charge < -0.3 is 0 Å². The molecule has 0 bridgehead atoms. The number of halogens is 1. The fraction of sp³-hybridized carbons (Fsp3) is 0.538. The van der Waals surface area contributed by atoms with Gasteiger partial charge in [-0.05, 0) is 43.6 Å². The topological polar surface area (TPSA) is 40.9 Å². The monoisotopic (exact) mass is 299 g/mol. The highest BCUT2D eigenvalue weighted by molar-refractivity contribution is 8.22. The summed E-state index contributed by atoms with van der Waals surface area (Å²) in [6.45, 7) is 0. The number of nitrogens with zero attached hydrogens (tertiary/aromatic N) is 1. The normalized spacial score (nSPS) is 20.6. The van der Waals surface area contributed by atoms with Gasteiger partial charge in [-0.2, -0.15) is 5.26 Å². The van der Waals surface area contributed by atoms with E-state index < -0.39 is 0 Å². The van der Waals surface area contributed by atoms with E-state index in [0.717, 1.165) is 41.4 Å². The maximum atomic E-state index is 12.4. The summed E-state index contributed by atoms with van der Waals surface area (Å²) in [6.07, 6.45) is 4.65. The van der Waals surface area contributed by atoms with Crippen LogP contribution >= 0.6 is 35.1 Å². The van der Waals surface area contributed by atoms with Crippen LogP contribution in [0.1, 0.15) is 32.1 Å². The summed E-state index contributed by atoms with van der Waals surface area (Å²) in [5, 5.41) is 9.90. The van der Waals surface area contributed by atoms with Gasteiger partial charge in [-0.3, -0.25) is 4.79 Å². The molecular formula is C13H14ClNOS2. The first-order chi connectivity index (χ1) is 8.74.